The average Bonchev–Trinajstić information content (AvgIpc) is 2.83. The minimum absolute atomic E-state index is 0.00365. The van der Waals surface area contributed by atoms with E-state index >= 15 is 0 Å². The number of benzene rings is 1. The van der Waals surface area contributed by atoms with Crippen LogP contribution in [-0.2, 0) is 9.53 Å². The quantitative estimate of drug-likeness (QED) is 0.754. The predicted molar refractivity (Wildman–Crippen MR) is 123 cm³/mol. The highest BCUT2D eigenvalue weighted by molar-refractivity contribution is 5.94. The molecule has 8 nitrogen and oxygen atoms in total. The molecule has 2 fully saturated rings. The van der Waals surface area contributed by atoms with Crippen LogP contribution < -0.4 is 15.0 Å². The molecule has 1 aromatic carbocycles. The van der Waals surface area contributed by atoms with Crippen LogP contribution in [0.1, 0.15) is 31.7 Å². The number of morpholine rings is 1. The Labute approximate surface area is 190 Å². The highest BCUT2D eigenvalue weighted by Crippen LogP contribution is 2.36. The number of urea groups is 1. The first-order chi connectivity index (χ1) is 15.5. The predicted octanol–water partition coefficient (Wildman–Crippen LogP) is 2.25. The number of anilines is 1. The maximum atomic E-state index is 13.4. The molecule has 0 bridgehead atoms. The Morgan fingerprint density at radius 1 is 1.12 bits per heavy atom. The van der Waals surface area contributed by atoms with Crippen LogP contribution >= 0.6 is 0 Å². The molecule has 0 unspecified atom stereocenters. The fourth-order valence-corrected chi connectivity index (χ4v) is 4.66. The molecule has 8 heteroatoms. The van der Waals surface area contributed by atoms with Crippen LogP contribution in [0.25, 0.3) is 0 Å². The molecule has 0 spiro atoms. The third-order valence-corrected chi connectivity index (χ3v) is 6.74. The molecule has 3 amide bonds. The van der Waals surface area contributed by atoms with Crippen LogP contribution in [0.3, 0.4) is 0 Å². The molecule has 4 rings (SSSR count). The van der Waals surface area contributed by atoms with Gasteiger partial charge in [0, 0.05) is 45.2 Å². The van der Waals surface area contributed by atoms with Crippen LogP contribution in [0, 0.1) is 12.8 Å². The lowest BCUT2D eigenvalue weighted by molar-refractivity contribution is -0.126. The van der Waals surface area contributed by atoms with Crippen molar-refractivity contribution in [3.63, 3.8) is 0 Å². The lowest BCUT2D eigenvalue weighted by Crippen LogP contribution is -2.52. The molecule has 3 aliphatic rings. The molecular weight excluding hydrogens is 408 g/mol. The second-order valence-electron chi connectivity index (χ2n) is 9.02. The second kappa shape index (κ2) is 10.5. The van der Waals surface area contributed by atoms with Crippen molar-refractivity contribution in [2.24, 2.45) is 5.92 Å². The summed E-state index contributed by atoms with van der Waals surface area (Å²) >= 11 is 0. The van der Waals surface area contributed by atoms with Crippen molar-refractivity contribution in [1.82, 2.24) is 15.1 Å². The van der Waals surface area contributed by atoms with Crippen molar-refractivity contribution in [1.29, 1.82) is 0 Å². The second-order valence-corrected chi connectivity index (χ2v) is 9.02. The zero-order valence-electron chi connectivity index (χ0n) is 19.3. The van der Waals surface area contributed by atoms with E-state index in [0.29, 0.717) is 39.0 Å². The van der Waals surface area contributed by atoms with E-state index in [9.17, 15) is 9.59 Å². The van der Waals surface area contributed by atoms with Gasteiger partial charge in [0.15, 0.2) is 0 Å². The number of carbonyl (C=O) groups excluding carboxylic acids is 2. The van der Waals surface area contributed by atoms with Crippen molar-refractivity contribution in [3.8, 4) is 5.75 Å². The van der Waals surface area contributed by atoms with Gasteiger partial charge < -0.3 is 19.7 Å². The van der Waals surface area contributed by atoms with E-state index in [1.807, 2.05) is 34.9 Å². The van der Waals surface area contributed by atoms with Crippen molar-refractivity contribution in [2.75, 3.05) is 63.9 Å². The number of hydrogen-bond acceptors (Lipinski definition) is 5. The lowest BCUT2D eigenvalue weighted by atomic mass is 9.96. The van der Waals surface area contributed by atoms with Crippen LogP contribution in [-0.4, -0.2) is 86.9 Å². The zero-order chi connectivity index (χ0) is 22.5. The van der Waals surface area contributed by atoms with E-state index in [1.54, 1.807) is 0 Å². The monoisotopic (exact) mass is 444 g/mol. The van der Waals surface area contributed by atoms with Gasteiger partial charge in [0.1, 0.15) is 11.9 Å². The molecule has 3 aliphatic heterocycles. The van der Waals surface area contributed by atoms with Gasteiger partial charge in [-0.15, -0.1) is 0 Å². The summed E-state index contributed by atoms with van der Waals surface area (Å²) < 4.78 is 11.4. The van der Waals surface area contributed by atoms with Crippen LogP contribution in [0.5, 0.6) is 5.75 Å². The molecule has 3 heterocycles. The molecule has 0 saturated carbocycles. The highest BCUT2D eigenvalue weighted by Gasteiger charge is 2.34. The van der Waals surface area contributed by atoms with E-state index < -0.39 is 0 Å². The number of amides is 3. The first-order valence-electron chi connectivity index (χ1n) is 12.0. The fraction of sp³-hybridized carbons (Fsp3) is 0.667. The Balaban J connectivity index is 1.28. The third-order valence-electron chi connectivity index (χ3n) is 6.74. The smallest absolute Gasteiger partial charge is 0.324 e. The third kappa shape index (κ3) is 5.35. The maximum absolute atomic E-state index is 13.4. The standard InChI is InChI=1S/C24H36N4O4/c1-3-20-17-28(21-16-18(2)4-5-22(21)32-20)24(30)27-9-6-19(7-10-27)23(29)25-8-11-26-12-14-31-15-13-26/h4-5,16,19-20H,3,6-15,17H2,1-2H3,(H,25,29)/t20-/m0/s1. The van der Waals surface area contributed by atoms with Gasteiger partial charge >= 0.3 is 6.03 Å². The number of carbonyl (C=O) groups is 2. The molecule has 0 aromatic heterocycles. The SMILES string of the molecule is CC[C@H]1CN(C(=O)N2CCC(C(=O)NCCN3CCOCC3)CC2)c2cc(C)ccc2O1. The van der Waals surface area contributed by atoms with E-state index in [4.69, 9.17) is 9.47 Å². The summed E-state index contributed by atoms with van der Waals surface area (Å²) in [6.07, 6.45) is 2.27. The van der Waals surface area contributed by atoms with E-state index in [1.165, 1.54) is 0 Å². The Morgan fingerprint density at radius 2 is 1.88 bits per heavy atom. The number of piperidine rings is 1. The summed E-state index contributed by atoms with van der Waals surface area (Å²) in [6.45, 7) is 10.8. The fourth-order valence-electron chi connectivity index (χ4n) is 4.66. The molecule has 32 heavy (non-hydrogen) atoms. The molecule has 1 aromatic rings. The maximum Gasteiger partial charge on any atom is 0.324 e. The van der Waals surface area contributed by atoms with Gasteiger partial charge in [-0.2, -0.15) is 0 Å². The zero-order valence-corrected chi connectivity index (χ0v) is 19.3. The van der Waals surface area contributed by atoms with Gasteiger partial charge in [0.05, 0.1) is 25.4 Å². The summed E-state index contributed by atoms with van der Waals surface area (Å²) in [5.74, 6) is 0.867. The van der Waals surface area contributed by atoms with Gasteiger partial charge in [-0.1, -0.05) is 13.0 Å². The molecule has 0 aliphatic carbocycles. The number of hydrogen-bond donors (Lipinski definition) is 1. The number of aryl methyl sites for hydroxylation is 1. The van der Waals surface area contributed by atoms with Gasteiger partial charge in [-0.25, -0.2) is 4.79 Å². The minimum atomic E-state index is -0.0219. The molecule has 176 valence electrons. The summed E-state index contributed by atoms with van der Waals surface area (Å²) in [5.41, 5.74) is 1.95. The van der Waals surface area contributed by atoms with Gasteiger partial charge in [-0.3, -0.25) is 14.6 Å². The minimum Gasteiger partial charge on any atom is -0.486 e. The largest absolute Gasteiger partial charge is 0.486 e. The Morgan fingerprint density at radius 3 is 2.59 bits per heavy atom. The average molecular weight is 445 g/mol. The van der Waals surface area contributed by atoms with Crippen LogP contribution in [0.15, 0.2) is 18.2 Å². The first-order valence-corrected chi connectivity index (χ1v) is 12.0. The molecule has 0 radical (unpaired) electrons. The molecule has 1 atom stereocenters. The summed E-state index contributed by atoms with van der Waals surface area (Å²) in [6, 6.07) is 6.02. The Kier molecular flexibility index (Phi) is 7.52. The van der Waals surface area contributed by atoms with Gasteiger partial charge in [-0.05, 0) is 43.9 Å². The number of ether oxygens (including phenoxy) is 2. The van der Waals surface area contributed by atoms with Crippen LogP contribution in [0.4, 0.5) is 10.5 Å². The van der Waals surface area contributed by atoms with E-state index in [0.717, 1.165) is 56.3 Å². The number of likely N-dealkylation sites (tertiary alicyclic amines) is 1. The molecule has 2 saturated heterocycles. The van der Waals surface area contributed by atoms with Crippen molar-refractivity contribution in [3.05, 3.63) is 23.8 Å². The first kappa shape index (κ1) is 22.9. The number of nitrogens with zero attached hydrogens (tertiary/aromatic N) is 3. The normalized spacial score (nSPS) is 22.2. The molecule has 1 N–H and O–H groups in total. The topological polar surface area (TPSA) is 74.4 Å². The lowest BCUT2D eigenvalue weighted by Gasteiger charge is -2.39. The van der Waals surface area contributed by atoms with Gasteiger partial charge in [0.2, 0.25) is 5.91 Å². The Hall–Kier alpha value is -2.32. The summed E-state index contributed by atoms with van der Waals surface area (Å²) in [7, 11) is 0. The number of rotatable bonds is 5. The number of nitrogens with one attached hydrogen (secondary N) is 1. The molecular formula is C24H36N4O4. The van der Waals surface area contributed by atoms with E-state index in [2.05, 4.69) is 17.1 Å². The summed E-state index contributed by atoms with van der Waals surface area (Å²) in [4.78, 5) is 32.1. The van der Waals surface area contributed by atoms with Crippen molar-refractivity contribution < 1.29 is 19.1 Å². The van der Waals surface area contributed by atoms with Crippen molar-refractivity contribution >= 4 is 17.6 Å². The van der Waals surface area contributed by atoms with Crippen LogP contribution in [0.2, 0.25) is 0 Å². The highest BCUT2D eigenvalue weighted by atomic mass is 16.5. The van der Waals surface area contributed by atoms with Gasteiger partial charge in [0.25, 0.3) is 0 Å². The van der Waals surface area contributed by atoms with Crippen molar-refractivity contribution in [2.45, 2.75) is 39.2 Å². The Bertz CT molecular complexity index is 803. The summed E-state index contributed by atoms with van der Waals surface area (Å²) in [5, 5.41) is 3.09. The van der Waals surface area contributed by atoms with E-state index in [-0.39, 0.29) is 24.0 Å². The number of fused-ring (bicyclic) bond motifs is 1.